The zero-order valence-corrected chi connectivity index (χ0v) is 9.88. The molecule has 0 aromatic rings. The summed E-state index contributed by atoms with van der Waals surface area (Å²) in [7, 11) is 0. The van der Waals surface area contributed by atoms with Gasteiger partial charge in [0.1, 0.15) is 0 Å². The van der Waals surface area contributed by atoms with Crippen LogP contribution in [0, 0.1) is 5.92 Å². The summed E-state index contributed by atoms with van der Waals surface area (Å²) in [5, 5.41) is 13.0. The van der Waals surface area contributed by atoms with Crippen molar-refractivity contribution in [2.75, 3.05) is 6.54 Å². The van der Waals surface area contributed by atoms with Gasteiger partial charge in [0.15, 0.2) is 0 Å². The van der Waals surface area contributed by atoms with Crippen LogP contribution in [0.15, 0.2) is 0 Å². The first kappa shape index (κ1) is 12.5. The fraction of sp³-hybridized carbons (Fsp3) is 0.917. The first-order valence-electron chi connectivity index (χ1n) is 6.05. The van der Waals surface area contributed by atoms with Gasteiger partial charge >= 0.3 is 0 Å². The van der Waals surface area contributed by atoms with Crippen molar-refractivity contribution in [3.63, 3.8) is 0 Å². The Kier molecular flexibility index (Phi) is 4.58. The molecule has 88 valence electrons. The number of amides is 1. The van der Waals surface area contributed by atoms with E-state index in [2.05, 4.69) is 12.2 Å². The maximum Gasteiger partial charge on any atom is 0.220 e. The van der Waals surface area contributed by atoms with Crippen LogP contribution in [0.5, 0.6) is 0 Å². The monoisotopic (exact) mass is 213 g/mol. The maximum absolute atomic E-state index is 11.3. The third-order valence-corrected chi connectivity index (χ3v) is 3.30. The average molecular weight is 213 g/mol. The quantitative estimate of drug-likeness (QED) is 0.748. The molecule has 2 N–H and O–H groups in total. The lowest BCUT2D eigenvalue weighted by atomic mass is 9.79. The normalized spacial score (nSPS) is 31.3. The molecule has 0 saturated heterocycles. The number of hydrogen-bond donors (Lipinski definition) is 2. The summed E-state index contributed by atoms with van der Waals surface area (Å²) in [5.41, 5.74) is -0.643. The fourth-order valence-corrected chi connectivity index (χ4v) is 2.05. The van der Waals surface area contributed by atoms with Crippen LogP contribution in [-0.4, -0.2) is 23.2 Å². The molecule has 0 aliphatic heterocycles. The average Bonchev–Trinajstić information content (AvgIpc) is 2.21. The van der Waals surface area contributed by atoms with Crippen molar-refractivity contribution < 1.29 is 9.90 Å². The molecule has 0 aromatic carbocycles. The van der Waals surface area contributed by atoms with Crippen LogP contribution in [0.3, 0.4) is 0 Å². The van der Waals surface area contributed by atoms with Gasteiger partial charge in [-0.15, -0.1) is 0 Å². The smallest absolute Gasteiger partial charge is 0.220 e. The second kappa shape index (κ2) is 5.50. The Morgan fingerprint density at radius 2 is 2.07 bits per heavy atom. The highest BCUT2D eigenvalue weighted by atomic mass is 16.3. The third kappa shape index (κ3) is 4.20. The van der Waals surface area contributed by atoms with Crippen LogP contribution in [0.25, 0.3) is 0 Å². The summed E-state index contributed by atoms with van der Waals surface area (Å²) in [5.74, 6) is 0.779. The van der Waals surface area contributed by atoms with Crippen molar-refractivity contribution in [2.45, 2.75) is 58.0 Å². The van der Waals surface area contributed by atoms with E-state index < -0.39 is 5.60 Å². The standard InChI is InChI=1S/C12H23NO2/c1-3-4-11(14)13-9-12(15)7-5-10(2)6-8-12/h10,15H,3-9H2,1-2H3,(H,13,14). The van der Waals surface area contributed by atoms with E-state index in [4.69, 9.17) is 0 Å². The van der Waals surface area contributed by atoms with Gasteiger partial charge in [-0.05, 0) is 38.0 Å². The highest BCUT2D eigenvalue weighted by molar-refractivity contribution is 5.75. The highest BCUT2D eigenvalue weighted by Gasteiger charge is 2.31. The maximum atomic E-state index is 11.3. The zero-order chi connectivity index (χ0) is 11.3. The first-order valence-corrected chi connectivity index (χ1v) is 6.05. The summed E-state index contributed by atoms with van der Waals surface area (Å²) >= 11 is 0. The third-order valence-electron chi connectivity index (χ3n) is 3.30. The van der Waals surface area contributed by atoms with Gasteiger partial charge in [-0.1, -0.05) is 13.8 Å². The van der Waals surface area contributed by atoms with Crippen LogP contribution in [0.2, 0.25) is 0 Å². The molecule has 1 saturated carbocycles. The molecular formula is C12H23NO2. The van der Waals surface area contributed by atoms with Crippen LogP contribution >= 0.6 is 0 Å². The van der Waals surface area contributed by atoms with Gasteiger partial charge in [0.25, 0.3) is 0 Å². The predicted octanol–water partition coefficient (Wildman–Crippen LogP) is 1.84. The van der Waals surface area contributed by atoms with E-state index >= 15 is 0 Å². The van der Waals surface area contributed by atoms with E-state index in [1.54, 1.807) is 0 Å². The molecule has 1 fully saturated rings. The van der Waals surface area contributed by atoms with Crippen molar-refractivity contribution in [1.29, 1.82) is 0 Å². The summed E-state index contributed by atoms with van der Waals surface area (Å²) in [6.45, 7) is 4.63. The SMILES string of the molecule is CCCC(=O)NCC1(O)CCC(C)CC1. The predicted molar refractivity (Wildman–Crippen MR) is 60.5 cm³/mol. The number of hydrogen-bond acceptors (Lipinski definition) is 2. The van der Waals surface area contributed by atoms with Gasteiger partial charge in [-0.2, -0.15) is 0 Å². The second-order valence-corrected chi connectivity index (χ2v) is 4.93. The van der Waals surface area contributed by atoms with Gasteiger partial charge in [0.05, 0.1) is 5.60 Å². The molecule has 1 aliphatic rings. The van der Waals surface area contributed by atoms with Crippen LogP contribution < -0.4 is 5.32 Å². The lowest BCUT2D eigenvalue weighted by molar-refractivity contribution is -0.122. The van der Waals surface area contributed by atoms with Crippen LogP contribution in [-0.2, 0) is 4.79 Å². The molecule has 1 aliphatic carbocycles. The fourth-order valence-electron chi connectivity index (χ4n) is 2.05. The van der Waals surface area contributed by atoms with Crippen LogP contribution in [0.1, 0.15) is 52.4 Å². The first-order chi connectivity index (χ1) is 7.06. The molecule has 3 nitrogen and oxygen atoms in total. The number of rotatable bonds is 4. The van der Waals surface area contributed by atoms with Crippen molar-refractivity contribution in [2.24, 2.45) is 5.92 Å². The molecular weight excluding hydrogens is 190 g/mol. The molecule has 15 heavy (non-hydrogen) atoms. The molecule has 0 heterocycles. The van der Waals surface area contributed by atoms with Gasteiger partial charge in [-0.3, -0.25) is 4.79 Å². The Bertz CT molecular complexity index is 208. The number of aliphatic hydroxyl groups is 1. The van der Waals surface area contributed by atoms with E-state index in [9.17, 15) is 9.90 Å². The summed E-state index contributed by atoms with van der Waals surface area (Å²) in [6.07, 6.45) is 5.20. The Labute approximate surface area is 92.3 Å². The molecule has 0 bridgehead atoms. The molecule has 0 radical (unpaired) electrons. The molecule has 1 rings (SSSR count). The number of carbonyl (C=O) groups excluding carboxylic acids is 1. The van der Waals surface area contributed by atoms with E-state index in [1.165, 1.54) is 0 Å². The van der Waals surface area contributed by atoms with Crippen molar-refractivity contribution in [3.8, 4) is 0 Å². The zero-order valence-electron chi connectivity index (χ0n) is 9.88. The van der Waals surface area contributed by atoms with Crippen molar-refractivity contribution in [1.82, 2.24) is 5.32 Å². The van der Waals surface area contributed by atoms with Crippen molar-refractivity contribution in [3.05, 3.63) is 0 Å². The van der Waals surface area contributed by atoms with Gasteiger partial charge in [-0.25, -0.2) is 0 Å². The van der Waals surface area contributed by atoms with E-state index in [1.807, 2.05) is 6.92 Å². The summed E-state index contributed by atoms with van der Waals surface area (Å²) in [4.78, 5) is 11.3. The topological polar surface area (TPSA) is 49.3 Å². The molecule has 1 amide bonds. The Morgan fingerprint density at radius 3 is 2.60 bits per heavy atom. The lowest BCUT2D eigenvalue weighted by Gasteiger charge is -2.34. The van der Waals surface area contributed by atoms with E-state index in [0.29, 0.717) is 13.0 Å². The minimum absolute atomic E-state index is 0.0598. The van der Waals surface area contributed by atoms with Gasteiger partial charge < -0.3 is 10.4 Å². The lowest BCUT2D eigenvalue weighted by Crippen LogP contribution is -2.45. The number of nitrogens with one attached hydrogen (secondary N) is 1. The molecule has 3 heteroatoms. The second-order valence-electron chi connectivity index (χ2n) is 4.93. The van der Waals surface area contributed by atoms with Crippen LogP contribution in [0.4, 0.5) is 0 Å². The Balaban J connectivity index is 2.27. The molecule has 0 spiro atoms. The Hall–Kier alpha value is -0.570. The minimum atomic E-state index is -0.643. The number of carbonyl (C=O) groups is 1. The summed E-state index contributed by atoms with van der Waals surface area (Å²) < 4.78 is 0. The largest absolute Gasteiger partial charge is 0.388 e. The van der Waals surface area contributed by atoms with E-state index in [-0.39, 0.29) is 5.91 Å². The summed E-state index contributed by atoms with van der Waals surface area (Å²) in [6, 6.07) is 0. The Morgan fingerprint density at radius 1 is 1.47 bits per heavy atom. The minimum Gasteiger partial charge on any atom is -0.388 e. The molecule has 0 aromatic heterocycles. The van der Waals surface area contributed by atoms with E-state index in [0.717, 1.165) is 38.0 Å². The van der Waals surface area contributed by atoms with Crippen molar-refractivity contribution >= 4 is 5.91 Å². The van der Waals surface area contributed by atoms with Gasteiger partial charge in [0, 0.05) is 13.0 Å². The molecule has 0 unspecified atom stereocenters. The highest BCUT2D eigenvalue weighted by Crippen LogP contribution is 2.31. The molecule has 0 atom stereocenters. The van der Waals surface area contributed by atoms with Gasteiger partial charge in [0.2, 0.25) is 5.91 Å².